The Balaban J connectivity index is 5.63. The SMILES string of the molecule is CC(C)(C)[O][Sn]([O]C(C)(C)C)([O]C(C)(C)C)[CH](I)CI. The fourth-order valence-electron chi connectivity index (χ4n) is 1.63. The monoisotopic (exact) mass is 620 g/mol. The van der Waals surface area contributed by atoms with E-state index in [1.165, 1.54) is 0 Å². The van der Waals surface area contributed by atoms with Gasteiger partial charge in [-0.1, -0.05) is 0 Å². The summed E-state index contributed by atoms with van der Waals surface area (Å²) in [5.74, 6) is 0. The molecule has 0 saturated carbocycles. The molecule has 0 spiro atoms. The number of hydrogen-bond donors (Lipinski definition) is 0. The Hall–Kier alpha value is 2.14. The molecule has 0 N–H and O–H groups in total. The zero-order chi connectivity index (χ0) is 16.4. The molecule has 0 bridgehead atoms. The van der Waals surface area contributed by atoms with E-state index in [4.69, 9.17) is 9.22 Å². The van der Waals surface area contributed by atoms with Crippen molar-refractivity contribution >= 4 is 64.8 Å². The third-order valence-electron chi connectivity index (χ3n) is 1.86. The topological polar surface area (TPSA) is 27.7 Å². The summed E-state index contributed by atoms with van der Waals surface area (Å²) in [6, 6.07) is 0. The van der Waals surface area contributed by atoms with Gasteiger partial charge in [-0.05, 0) is 0 Å². The standard InChI is InChI=1S/3C4H9O.C2H3I2.Sn/c3*1-4(2,3)5;3-1-2-4;/h3*1-3H3;1H,2H2;/q3*-1;;+3. The van der Waals surface area contributed by atoms with Crippen LogP contribution in [0, 0.1) is 0 Å². The quantitative estimate of drug-likeness (QED) is 0.243. The van der Waals surface area contributed by atoms with Gasteiger partial charge in [-0.15, -0.1) is 0 Å². The van der Waals surface area contributed by atoms with Crippen LogP contribution in [0.3, 0.4) is 0 Å². The Morgan fingerprint density at radius 3 is 1.15 bits per heavy atom. The molecule has 0 fully saturated rings. The Labute approximate surface area is 158 Å². The summed E-state index contributed by atoms with van der Waals surface area (Å²) in [4.78, 5) is 0. The van der Waals surface area contributed by atoms with Crippen LogP contribution in [-0.4, -0.2) is 42.8 Å². The predicted molar refractivity (Wildman–Crippen MR) is 105 cm³/mol. The van der Waals surface area contributed by atoms with Crippen LogP contribution in [0.2, 0.25) is 0 Å². The summed E-state index contributed by atoms with van der Waals surface area (Å²) in [7, 11) is 0. The van der Waals surface area contributed by atoms with Crippen molar-refractivity contribution in [1.29, 1.82) is 0 Å². The molecule has 6 heteroatoms. The van der Waals surface area contributed by atoms with Gasteiger partial charge in [-0.3, -0.25) is 0 Å². The molecule has 0 heterocycles. The minimum atomic E-state index is -3.73. The van der Waals surface area contributed by atoms with Crippen LogP contribution in [-0.2, 0) is 9.22 Å². The van der Waals surface area contributed by atoms with Crippen LogP contribution >= 0.6 is 45.2 Å². The van der Waals surface area contributed by atoms with E-state index >= 15 is 0 Å². The van der Waals surface area contributed by atoms with Crippen molar-refractivity contribution in [3.05, 3.63) is 0 Å². The summed E-state index contributed by atoms with van der Waals surface area (Å²) >= 11 is 1.12. The Morgan fingerprint density at radius 1 is 0.750 bits per heavy atom. The average molecular weight is 619 g/mol. The molecule has 122 valence electrons. The van der Waals surface area contributed by atoms with Crippen molar-refractivity contribution in [2.75, 3.05) is 4.43 Å². The fourth-order valence-corrected chi connectivity index (χ4v) is 17.1. The van der Waals surface area contributed by atoms with Crippen molar-refractivity contribution in [3.8, 4) is 0 Å². The molecule has 0 aromatic rings. The van der Waals surface area contributed by atoms with Gasteiger partial charge in [0.05, 0.1) is 0 Å². The van der Waals surface area contributed by atoms with E-state index in [9.17, 15) is 0 Å². The normalized spacial score (nSPS) is 16.4. The van der Waals surface area contributed by atoms with E-state index in [2.05, 4.69) is 107 Å². The van der Waals surface area contributed by atoms with Crippen molar-refractivity contribution < 1.29 is 9.22 Å². The van der Waals surface area contributed by atoms with E-state index in [0.717, 1.165) is 4.43 Å². The molecule has 0 aliphatic heterocycles. The second kappa shape index (κ2) is 7.81. The van der Waals surface area contributed by atoms with Crippen LogP contribution in [0.25, 0.3) is 0 Å². The Morgan fingerprint density at radius 2 is 1.00 bits per heavy atom. The first-order valence-corrected chi connectivity index (χ1v) is 14.8. The third kappa shape index (κ3) is 9.32. The molecular weight excluding hydrogens is 589 g/mol. The second-order valence-corrected chi connectivity index (χ2v) is 20.8. The van der Waals surface area contributed by atoms with Crippen LogP contribution in [0.15, 0.2) is 0 Å². The molecule has 1 unspecified atom stereocenters. The number of alkyl halides is 2. The van der Waals surface area contributed by atoms with Crippen LogP contribution < -0.4 is 0 Å². The van der Waals surface area contributed by atoms with E-state index in [0.29, 0.717) is 1.94 Å². The zero-order valence-electron chi connectivity index (χ0n) is 14.3. The van der Waals surface area contributed by atoms with Crippen LogP contribution in [0.1, 0.15) is 62.3 Å². The minimum absolute atomic E-state index is 0.262. The first-order valence-electron chi connectivity index (χ1n) is 6.91. The predicted octanol–water partition coefficient (Wildman–Crippen LogP) is 5.15. The average Bonchev–Trinajstić information content (AvgIpc) is 2.07. The van der Waals surface area contributed by atoms with Gasteiger partial charge in [0.15, 0.2) is 0 Å². The molecule has 1 atom stereocenters. The maximum absolute atomic E-state index is 6.48. The summed E-state index contributed by atoms with van der Waals surface area (Å²) < 4.78 is 20.7. The van der Waals surface area contributed by atoms with E-state index < -0.39 is 19.6 Å². The van der Waals surface area contributed by atoms with Gasteiger partial charge in [-0.25, -0.2) is 0 Å². The van der Waals surface area contributed by atoms with E-state index in [1.54, 1.807) is 0 Å². The summed E-state index contributed by atoms with van der Waals surface area (Å²) in [6.45, 7) is 18.7. The Kier molecular flexibility index (Phi) is 8.64. The van der Waals surface area contributed by atoms with Crippen molar-refractivity contribution in [1.82, 2.24) is 0 Å². The van der Waals surface area contributed by atoms with Gasteiger partial charge in [-0.2, -0.15) is 0 Å². The van der Waals surface area contributed by atoms with E-state index in [1.807, 2.05) is 0 Å². The second-order valence-electron chi connectivity index (χ2n) is 7.87. The van der Waals surface area contributed by atoms with Crippen molar-refractivity contribution in [2.24, 2.45) is 0 Å². The Bertz CT molecular complexity index is 262. The molecule has 0 aliphatic rings. The summed E-state index contributed by atoms with van der Waals surface area (Å²) in [5.41, 5.74) is -0.786. The molecule has 0 amide bonds. The molecule has 0 saturated heterocycles. The van der Waals surface area contributed by atoms with Gasteiger partial charge in [0, 0.05) is 0 Å². The van der Waals surface area contributed by atoms with Gasteiger partial charge in [0.25, 0.3) is 0 Å². The zero-order valence-corrected chi connectivity index (χ0v) is 21.4. The van der Waals surface area contributed by atoms with Crippen molar-refractivity contribution in [2.45, 2.75) is 81.1 Å². The van der Waals surface area contributed by atoms with Crippen molar-refractivity contribution in [3.63, 3.8) is 0 Å². The van der Waals surface area contributed by atoms with Gasteiger partial charge >= 0.3 is 160 Å². The van der Waals surface area contributed by atoms with E-state index in [-0.39, 0.29) is 16.8 Å². The molecule has 0 rings (SSSR count). The van der Waals surface area contributed by atoms with Gasteiger partial charge < -0.3 is 0 Å². The first kappa shape index (κ1) is 22.1. The molecule has 0 radical (unpaired) electrons. The van der Waals surface area contributed by atoms with Gasteiger partial charge in [0.2, 0.25) is 0 Å². The summed E-state index contributed by atoms with van der Waals surface area (Å²) in [5, 5.41) is 0. The van der Waals surface area contributed by atoms with Gasteiger partial charge in [0.1, 0.15) is 0 Å². The fraction of sp³-hybridized carbons (Fsp3) is 1.00. The van der Waals surface area contributed by atoms with Crippen LogP contribution in [0.4, 0.5) is 0 Å². The number of halogens is 2. The summed E-state index contributed by atoms with van der Waals surface area (Å²) in [6.07, 6.45) is 0. The molecule has 20 heavy (non-hydrogen) atoms. The molecule has 0 aromatic heterocycles. The molecule has 0 aliphatic carbocycles. The van der Waals surface area contributed by atoms with Crippen LogP contribution in [0.5, 0.6) is 0 Å². The third-order valence-corrected chi connectivity index (χ3v) is 22.8. The number of hydrogen-bond acceptors (Lipinski definition) is 3. The maximum atomic E-state index is 6.48. The molecule has 0 aromatic carbocycles. The number of rotatable bonds is 5. The molecular formula is C14H30I2O3Sn. The first-order chi connectivity index (χ1) is 8.60. The molecule has 3 nitrogen and oxygen atoms in total.